The van der Waals surface area contributed by atoms with Gasteiger partial charge in [-0.05, 0) is 30.9 Å². The molecule has 1 amide bonds. The van der Waals surface area contributed by atoms with Gasteiger partial charge in [0.05, 0.1) is 11.0 Å². The Morgan fingerprint density at radius 1 is 1.43 bits per heavy atom. The van der Waals surface area contributed by atoms with Crippen molar-refractivity contribution in [2.75, 3.05) is 13.7 Å². The highest BCUT2D eigenvalue weighted by atomic mass is 32.1. The van der Waals surface area contributed by atoms with Gasteiger partial charge in [0.1, 0.15) is 0 Å². The lowest BCUT2D eigenvalue weighted by Crippen LogP contribution is -2.66. The normalized spacial score (nSPS) is 28.3. The number of carbonyl (C=O) groups is 1. The van der Waals surface area contributed by atoms with Gasteiger partial charge in [0.2, 0.25) is 0 Å². The second-order valence-corrected chi connectivity index (χ2v) is 8.73. The topological polar surface area (TPSA) is 29.5 Å². The molecule has 1 aliphatic heterocycles. The van der Waals surface area contributed by atoms with Crippen molar-refractivity contribution in [3.63, 3.8) is 0 Å². The average molecular weight is 336 g/mol. The molecule has 0 unspecified atom stereocenters. The molecule has 128 valence electrons. The fourth-order valence-corrected chi connectivity index (χ4v) is 6.03. The Balaban J connectivity index is 1.80. The van der Waals surface area contributed by atoms with Gasteiger partial charge in [-0.3, -0.25) is 4.79 Å². The molecule has 23 heavy (non-hydrogen) atoms. The molecule has 1 saturated heterocycles. The molecule has 2 aliphatic rings. The van der Waals surface area contributed by atoms with Crippen molar-refractivity contribution in [2.24, 2.45) is 11.3 Å². The third-order valence-electron chi connectivity index (χ3n) is 5.74. The van der Waals surface area contributed by atoms with Gasteiger partial charge in [-0.25, -0.2) is 0 Å². The van der Waals surface area contributed by atoms with Crippen LogP contribution in [0.15, 0.2) is 6.07 Å². The quantitative estimate of drug-likeness (QED) is 0.809. The molecule has 0 bridgehead atoms. The first-order chi connectivity index (χ1) is 10.9. The van der Waals surface area contributed by atoms with Crippen LogP contribution in [-0.2, 0) is 17.6 Å². The number of thiophene rings is 1. The molecule has 4 heteroatoms. The van der Waals surface area contributed by atoms with Crippen LogP contribution in [0, 0.1) is 11.3 Å². The van der Waals surface area contributed by atoms with E-state index in [1.165, 1.54) is 10.4 Å². The Bertz CT molecular complexity index is 592. The number of carbonyl (C=O) groups excluding carboxylic acids is 1. The SMILES string of the molecule is CCCc1sc(C(=O)N(C)[C@@H]2[C@@H]3CCO[C@@H]3C2(C)C)cc1CC. The number of aryl methyl sites for hydroxylation is 2. The van der Waals surface area contributed by atoms with E-state index in [2.05, 4.69) is 33.8 Å². The summed E-state index contributed by atoms with van der Waals surface area (Å²) in [7, 11) is 1.98. The summed E-state index contributed by atoms with van der Waals surface area (Å²) < 4.78 is 5.87. The van der Waals surface area contributed by atoms with Crippen molar-refractivity contribution in [1.29, 1.82) is 0 Å². The Morgan fingerprint density at radius 3 is 2.83 bits per heavy atom. The number of hydrogen-bond donors (Lipinski definition) is 0. The van der Waals surface area contributed by atoms with E-state index >= 15 is 0 Å². The Labute approximate surface area is 144 Å². The molecular formula is C19H29NO2S. The van der Waals surface area contributed by atoms with E-state index in [0.717, 1.165) is 37.2 Å². The first kappa shape index (κ1) is 17.0. The van der Waals surface area contributed by atoms with Crippen LogP contribution >= 0.6 is 11.3 Å². The van der Waals surface area contributed by atoms with Crippen molar-refractivity contribution >= 4 is 17.2 Å². The molecular weight excluding hydrogens is 306 g/mol. The predicted molar refractivity (Wildman–Crippen MR) is 95.2 cm³/mol. The van der Waals surface area contributed by atoms with Gasteiger partial charge < -0.3 is 9.64 Å². The van der Waals surface area contributed by atoms with Crippen LogP contribution in [0.5, 0.6) is 0 Å². The molecule has 3 atom stereocenters. The molecule has 3 rings (SSSR count). The highest BCUT2D eigenvalue weighted by Gasteiger charge is 2.61. The first-order valence-corrected chi connectivity index (χ1v) is 9.73. The zero-order chi connectivity index (χ0) is 16.8. The van der Waals surface area contributed by atoms with E-state index in [1.54, 1.807) is 11.3 Å². The van der Waals surface area contributed by atoms with Gasteiger partial charge >= 0.3 is 0 Å². The molecule has 0 radical (unpaired) electrons. The van der Waals surface area contributed by atoms with Crippen LogP contribution < -0.4 is 0 Å². The number of rotatable bonds is 5. The molecule has 1 aromatic heterocycles. The summed E-state index contributed by atoms with van der Waals surface area (Å²) >= 11 is 1.70. The standard InChI is InChI=1S/C19H29NO2S/c1-6-8-14-12(7-2)11-15(23-14)18(21)20(5)16-13-9-10-22-17(13)19(16,3)4/h11,13,16-17H,6-10H2,1-5H3/t13-,16+,17-/m0/s1. The predicted octanol–water partition coefficient (Wildman–Crippen LogP) is 4.15. The molecule has 3 nitrogen and oxygen atoms in total. The lowest BCUT2D eigenvalue weighted by molar-refractivity contribution is -0.139. The van der Waals surface area contributed by atoms with Crippen LogP contribution in [-0.4, -0.2) is 36.6 Å². The summed E-state index contributed by atoms with van der Waals surface area (Å²) in [6.45, 7) is 9.69. The van der Waals surface area contributed by atoms with Crippen molar-refractivity contribution in [3.8, 4) is 0 Å². The monoisotopic (exact) mass is 335 g/mol. The van der Waals surface area contributed by atoms with Crippen molar-refractivity contribution in [1.82, 2.24) is 4.90 Å². The first-order valence-electron chi connectivity index (χ1n) is 8.92. The van der Waals surface area contributed by atoms with E-state index in [0.29, 0.717) is 18.1 Å². The number of fused-ring (bicyclic) bond motifs is 1. The van der Waals surface area contributed by atoms with Crippen molar-refractivity contribution in [2.45, 2.75) is 65.5 Å². The zero-order valence-corrected chi connectivity index (χ0v) is 15.8. The lowest BCUT2D eigenvalue weighted by Gasteiger charge is -2.57. The summed E-state index contributed by atoms with van der Waals surface area (Å²) in [6, 6.07) is 2.42. The molecule has 1 saturated carbocycles. The summed E-state index contributed by atoms with van der Waals surface area (Å²) in [5.74, 6) is 0.704. The molecule has 0 N–H and O–H groups in total. The second-order valence-electron chi connectivity index (χ2n) is 7.59. The molecule has 2 fully saturated rings. The average Bonchev–Trinajstić information content (AvgIpc) is 3.12. The maximum atomic E-state index is 13.0. The minimum absolute atomic E-state index is 0.0582. The highest BCUT2D eigenvalue weighted by molar-refractivity contribution is 7.14. The van der Waals surface area contributed by atoms with Crippen LogP contribution in [0.2, 0.25) is 0 Å². The summed E-state index contributed by atoms with van der Waals surface area (Å²) in [5.41, 5.74) is 1.41. The van der Waals surface area contributed by atoms with E-state index in [9.17, 15) is 4.79 Å². The molecule has 0 spiro atoms. The van der Waals surface area contributed by atoms with Gasteiger partial charge in [-0.1, -0.05) is 34.1 Å². The number of ether oxygens (including phenoxy) is 1. The van der Waals surface area contributed by atoms with Crippen molar-refractivity contribution in [3.05, 3.63) is 21.4 Å². The number of hydrogen-bond acceptors (Lipinski definition) is 3. The van der Waals surface area contributed by atoms with Gasteiger partial charge in [-0.15, -0.1) is 11.3 Å². The van der Waals surface area contributed by atoms with Crippen molar-refractivity contribution < 1.29 is 9.53 Å². The third kappa shape index (κ3) is 2.64. The van der Waals surface area contributed by atoms with Gasteiger partial charge in [0.25, 0.3) is 5.91 Å². The van der Waals surface area contributed by atoms with Gasteiger partial charge in [-0.2, -0.15) is 0 Å². The molecule has 0 aromatic carbocycles. The maximum absolute atomic E-state index is 13.0. The summed E-state index contributed by atoms with van der Waals surface area (Å²) in [5, 5.41) is 0. The molecule has 2 heterocycles. The van der Waals surface area contributed by atoms with Crippen LogP contribution in [0.3, 0.4) is 0 Å². The fraction of sp³-hybridized carbons (Fsp3) is 0.737. The van der Waals surface area contributed by atoms with E-state index in [1.807, 2.05) is 11.9 Å². The molecule has 1 aromatic rings. The number of amides is 1. The number of nitrogens with zero attached hydrogens (tertiary/aromatic N) is 1. The Hall–Kier alpha value is -0.870. The summed E-state index contributed by atoms with van der Waals surface area (Å²) in [4.78, 5) is 17.3. The van der Waals surface area contributed by atoms with Crippen LogP contribution in [0.1, 0.15) is 60.6 Å². The van der Waals surface area contributed by atoms with Gasteiger partial charge in [0.15, 0.2) is 0 Å². The fourth-order valence-electron chi connectivity index (χ4n) is 4.69. The minimum Gasteiger partial charge on any atom is -0.377 e. The smallest absolute Gasteiger partial charge is 0.263 e. The zero-order valence-electron chi connectivity index (χ0n) is 15.0. The Kier molecular flexibility index (Phi) is 4.58. The lowest BCUT2D eigenvalue weighted by atomic mass is 9.57. The van der Waals surface area contributed by atoms with Crippen LogP contribution in [0.25, 0.3) is 0 Å². The second kappa shape index (κ2) is 6.21. The Morgan fingerprint density at radius 2 is 2.17 bits per heavy atom. The highest BCUT2D eigenvalue weighted by Crippen LogP contribution is 2.54. The summed E-state index contributed by atoms with van der Waals surface area (Å²) in [6.07, 6.45) is 4.64. The van der Waals surface area contributed by atoms with Gasteiger partial charge in [0, 0.05) is 35.9 Å². The largest absolute Gasteiger partial charge is 0.377 e. The van der Waals surface area contributed by atoms with E-state index in [4.69, 9.17) is 4.74 Å². The molecule has 1 aliphatic carbocycles. The minimum atomic E-state index is 0.0582. The van der Waals surface area contributed by atoms with E-state index < -0.39 is 0 Å². The van der Waals surface area contributed by atoms with Crippen LogP contribution in [0.4, 0.5) is 0 Å². The van der Waals surface area contributed by atoms with E-state index in [-0.39, 0.29) is 11.3 Å². The third-order valence-corrected chi connectivity index (χ3v) is 6.97. The maximum Gasteiger partial charge on any atom is 0.263 e.